The molecule has 13 heavy (non-hydrogen) atoms. The Balaban J connectivity index is 1.98. The summed E-state index contributed by atoms with van der Waals surface area (Å²) in [6, 6.07) is 0.344. The number of carbonyl (C=O) groups excluding carboxylic acids is 1. The lowest BCUT2D eigenvalue weighted by molar-refractivity contribution is -0.132. The number of hydrogen-bond donors (Lipinski definition) is 0. The van der Waals surface area contributed by atoms with Gasteiger partial charge in [-0.1, -0.05) is 6.42 Å². The van der Waals surface area contributed by atoms with Crippen LogP contribution in [0.15, 0.2) is 4.99 Å². The first-order valence-electron chi connectivity index (χ1n) is 5.24. The Morgan fingerprint density at radius 1 is 1.31 bits per heavy atom. The second-order valence-electron chi connectivity index (χ2n) is 4.24. The Labute approximate surface area is 77.8 Å². The van der Waals surface area contributed by atoms with Gasteiger partial charge in [0.2, 0.25) is 5.91 Å². The van der Waals surface area contributed by atoms with E-state index in [2.05, 4.69) is 4.99 Å². The standard InChI is InChI=1S/C10H14N2O/c13-10-7-3-1-4-8(7)11-9-5-2-6-12(9)10/h7-8H,1-6H2/t7-,8+/m0/s1. The molecular weight excluding hydrogens is 164 g/mol. The predicted molar refractivity (Wildman–Crippen MR) is 49.5 cm³/mol. The third-order valence-corrected chi connectivity index (χ3v) is 3.47. The summed E-state index contributed by atoms with van der Waals surface area (Å²) in [5.41, 5.74) is 0. The molecule has 3 nitrogen and oxygen atoms in total. The Morgan fingerprint density at radius 3 is 3.15 bits per heavy atom. The third kappa shape index (κ3) is 0.960. The van der Waals surface area contributed by atoms with Crippen molar-refractivity contribution in [2.45, 2.75) is 38.1 Å². The average molecular weight is 178 g/mol. The van der Waals surface area contributed by atoms with Gasteiger partial charge in [-0.25, -0.2) is 0 Å². The maximum atomic E-state index is 11.9. The van der Waals surface area contributed by atoms with Crippen LogP contribution >= 0.6 is 0 Å². The molecule has 0 bridgehead atoms. The highest BCUT2D eigenvalue weighted by atomic mass is 16.2. The number of amides is 1. The van der Waals surface area contributed by atoms with Crippen molar-refractivity contribution in [1.82, 2.24) is 4.90 Å². The van der Waals surface area contributed by atoms with E-state index in [-0.39, 0.29) is 5.92 Å². The fraction of sp³-hybridized carbons (Fsp3) is 0.800. The Kier molecular flexibility index (Phi) is 1.49. The molecule has 1 saturated carbocycles. The number of carbonyl (C=O) groups is 1. The first-order valence-corrected chi connectivity index (χ1v) is 5.24. The lowest BCUT2D eigenvalue weighted by atomic mass is 10.0. The number of rotatable bonds is 0. The molecule has 3 heteroatoms. The highest BCUT2D eigenvalue weighted by Crippen LogP contribution is 2.35. The molecule has 70 valence electrons. The minimum Gasteiger partial charge on any atom is -0.300 e. The van der Waals surface area contributed by atoms with E-state index in [9.17, 15) is 4.79 Å². The largest absolute Gasteiger partial charge is 0.300 e. The van der Waals surface area contributed by atoms with Crippen molar-refractivity contribution >= 4 is 11.7 Å². The second kappa shape index (κ2) is 2.56. The molecule has 2 aliphatic heterocycles. The van der Waals surface area contributed by atoms with Crippen molar-refractivity contribution in [2.24, 2.45) is 10.9 Å². The molecule has 3 aliphatic rings. The molecule has 0 aromatic rings. The van der Waals surface area contributed by atoms with Crippen LogP contribution in [0, 0.1) is 5.92 Å². The van der Waals surface area contributed by atoms with Crippen LogP contribution in [0.25, 0.3) is 0 Å². The molecule has 0 spiro atoms. The zero-order chi connectivity index (χ0) is 8.84. The summed E-state index contributed by atoms with van der Waals surface area (Å²) in [6.07, 6.45) is 5.52. The van der Waals surface area contributed by atoms with Crippen LogP contribution < -0.4 is 0 Å². The Morgan fingerprint density at radius 2 is 2.23 bits per heavy atom. The highest BCUT2D eigenvalue weighted by Gasteiger charge is 2.42. The minimum absolute atomic E-state index is 0.238. The monoisotopic (exact) mass is 178 g/mol. The molecule has 1 amide bonds. The normalized spacial score (nSPS) is 37.4. The Hall–Kier alpha value is -0.860. The minimum atomic E-state index is 0.238. The van der Waals surface area contributed by atoms with Gasteiger partial charge in [0.25, 0.3) is 0 Å². The van der Waals surface area contributed by atoms with Crippen LogP contribution in [-0.2, 0) is 4.79 Å². The van der Waals surface area contributed by atoms with E-state index in [0.717, 1.165) is 38.1 Å². The summed E-state index contributed by atoms with van der Waals surface area (Å²) in [5, 5.41) is 0. The maximum Gasteiger partial charge on any atom is 0.233 e. The van der Waals surface area contributed by atoms with Gasteiger partial charge < -0.3 is 4.90 Å². The highest BCUT2D eigenvalue weighted by molar-refractivity contribution is 6.02. The van der Waals surface area contributed by atoms with Gasteiger partial charge in [-0.3, -0.25) is 9.79 Å². The van der Waals surface area contributed by atoms with Gasteiger partial charge in [-0.2, -0.15) is 0 Å². The van der Waals surface area contributed by atoms with E-state index in [4.69, 9.17) is 0 Å². The van der Waals surface area contributed by atoms with Gasteiger partial charge >= 0.3 is 0 Å². The summed E-state index contributed by atoms with van der Waals surface area (Å²) in [6.45, 7) is 0.918. The van der Waals surface area contributed by atoms with Crippen LogP contribution in [0.2, 0.25) is 0 Å². The van der Waals surface area contributed by atoms with Gasteiger partial charge in [-0.15, -0.1) is 0 Å². The van der Waals surface area contributed by atoms with E-state index >= 15 is 0 Å². The quantitative estimate of drug-likeness (QED) is 0.548. The summed E-state index contributed by atoms with van der Waals surface area (Å²) in [7, 11) is 0. The molecular formula is C10H14N2O. The van der Waals surface area contributed by atoms with Crippen LogP contribution in [0.1, 0.15) is 32.1 Å². The molecule has 2 heterocycles. The number of aliphatic imine (C=N–C) groups is 1. The van der Waals surface area contributed by atoms with Gasteiger partial charge in [0.05, 0.1) is 12.0 Å². The van der Waals surface area contributed by atoms with Gasteiger partial charge in [-0.05, 0) is 19.3 Å². The number of hydrogen-bond acceptors (Lipinski definition) is 2. The average Bonchev–Trinajstić information content (AvgIpc) is 2.71. The molecule has 1 saturated heterocycles. The van der Waals surface area contributed by atoms with Crippen LogP contribution in [0.5, 0.6) is 0 Å². The lowest BCUT2D eigenvalue weighted by Crippen LogP contribution is -2.44. The van der Waals surface area contributed by atoms with Crippen LogP contribution in [-0.4, -0.2) is 29.2 Å². The molecule has 0 N–H and O–H groups in total. The van der Waals surface area contributed by atoms with Crippen molar-refractivity contribution in [3.8, 4) is 0 Å². The van der Waals surface area contributed by atoms with Crippen molar-refractivity contribution in [3.05, 3.63) is 0 Å². The van der Waals surface area contributed by atoms with Crippen molar-refractivity contribution < 1.29 is 4.79 Å². The van der Waals surface area contributed by atoms with Crippen molar-refractivity contribution in [3.63, 3.8) is 0 Å². The molecule has 0 radical (unpaired) electrons. The summed E-state index contributed by atoms with van der Waals surface area (Å²) in [5.74, 6) is 1.68. The van der Waals surface area contributed by atoms with E-state index < -0.39 is 0 Å². The molecule has 1 aliphatic carbocycles. The summed E-state index contributed by atoms with van der Waals surface area (Å²) in [4.78, 5) is 18.5. The Bertz CT molecular complexity index is 285. The van der Waals surface area contributed by atoms with E-state index in [1.807, 2.05) is 4.90 Å². The molecule has 0 aromatic carbocycles. The first kappa shape index (κ1) is 7.54. The first-order chi connectivity index (χ1) is 6.36. The van der Waals surface area contributed by atoms with Gasteiger partial charge in [0, 0.05) is 13.0 Å². The molecule has 3 rings (SSSR count). The second-order valence-corrected chi connectivity index (χ2v) is 4.24. The van der Waals surface area contributed by atoms with Gasteiger partial charge in [0.1, 0.15) is 5.84 Å². The zero-order valence-corrected chi connectivity index (χ0v) is 7.70. The smallest absolute Gasteiger partial charge is 0.233 e. The molecule has 0 aromatic heterocycles. The van der Waals surface area contributed by atoms with E-state index in [0.29, 0.717) is 11.9 Å². The number of fused-ring (bicyclic) bond motifs is 2. The fourth-order valence-corrected chi connectivity index (χ4v) is 2.81. The molecule has 0 unspecified atom stereocenters. The zero-order valence-electron chi connectivity index (χ0n) is 7.70. The van der Waals surface area contributed by atoms with Crippen molar-refractivity contribution in [2.75, 3.05) is 6.54 Å². The summed E-state index contributed by atoms with van der Waals surface area (Å²) >= 11 is 0. The van der Waals surface area contributed by atoms with Crippen LogP contribution in [0.4, 0.5) is 0 Å². The van der Waals surface area contributed by atoms with Gasteiger partial charge in [0.15, 0.2) is 0 Å². The third-order valence-electron chi connectivity index (χ3n) is 3.47. The van der Waals surface area contributed by atoms with Crippen molar-refractivity contribution in [1.29, 1.82) is 0 Å². The number of nitrogens with zero attached hydrogens (tertiary/aromatic N) is 2. The molecule has 2 atom stereocenters. The predicted octanol–water partition coefficient (Wildman–Crippen LogP) is 1.19. The fourth-order valence-electron chi connectivity index (χ4n) is 2.81. The lowest BCUT2D eigenvalue weighted by Gasteiger charge is -2.29. The van der Waals surface area contributed by atoms with E-state index in [1.54, 1.807) is 0 Å². The molecule has 2 fully saturated rings. The number of amidine groups is 1. The topological polar surface area (TPSA) is 32.7 Å². The SMILES string of the molecule is O=C1[C@H]2CCC[C@H]2N=C2CCCN12. The van der Waals surface area contributed by atoms with E-state index in [1.165, 1.54) is 6.42 Å². The van der Waals surface area contributed by atoms with Crippen LogP contribution in [0.3, 0.4) is 0 Å². The maximum absolute atomic E-state index is 11.9. The summed E-state index contributed by atoms with van der Waals surface area (Å²) < 4.78 is 0.